The molecule has 26 heavy (non-hydrogen) atoms. The second-order valence-corrected chi connectivity index (χ2v) is 6.11. The zero-order valence-electron chi connectivity index (χ0n) is 13.9. The molecular weight excluding hydrogens is 320 g/mol. The van der Waals surface area contributed by atoms with Gasteiger partial charge in [-0.1, -0.05) is 18.2 Å². The van der Waals surface area contributed by atoms with Crippen molar-refractivity contribution in [3.8, 4) is 0 Å². The highest BCUT2D eigenvalue weighted by atomic mass is 14.8. The van der Waals surface area contributed by atoms with Crippen LogP contribution in [0.4, 0.5) is 0 Å². The van der Waals surface area contributed by atoms with Crippen molar-refractivity contribution in [1.29, 1.82) is 0 Å². The second-order valence-electron chi connectivity index (χ2n) is 6.11. The molecule has 0 bridgehead atoms. The topological polar surface area (TPSA) is 49.4 Å². The van der Waals surface area contributed by atoms with E-state index in [1.165, 1.54) is 0 Å². The highest BCUT2D eigenvalue weighted by molar-refractivity contribution is 6.16. The first-order valence-electron chi connectivity index (χ1n) is 8.39. The maximum absolute atomic E-state index is 4.49. The van der Waals surface area contributed by atoms with Gasteiger partial charge in [-0.15, -0.1) is 0 Å². The Labute approximate surface area is 151 Å². The predicted octanol–water partition coefficient (Wildman–Crippen LogP) is 4.33. The van der Waals surface area contributed by atoms with Crippen molar-refractivity contribution < 1.29 is 0 Å². The van der Waals surface area contributed by atoms with Gasteiger partial charge < -0.3 is 0 Å². The van der Waals surface area contributed by atoms with Crippen molar-refractivity contribution in [3.63, 3.8) is 0 Å². The lowest BCUT2D eigenvalue weighted by Crippen LogP contribution is -1.88. The van der Waals surface area contributed by atoms with Gasteiger partial charge in [0.2, 0.25) is 0 Å². The van der Waals surface area contributed by atoms with E-state index in [-0.39, 0.29) is 0 Å². The molecule has 0 aromatic heterocycles. The lowest BCUT2D eigenvalue weighted by Gasteiger charge is -2.03. The van der Waals surface area contributed by atoms with Gasteiger partial charge in [0.25, 0.3) is 0 Å². The molecule has 1 aromatic rings. The van der Waals surface area contributed by atoms with Gasteiger partial charge >= 0.3 is 0 Å². The van der Waals surface area contributed by atoms with Crippen LogP contribution in [0.1, 0.15) is 11.1 Å². The number of allylic oxidation sites excluding steroid dienone is 8. The highest BCUT2D eigenvalue weighted by Gasteiger charge is 2.14. The molecule has 122 valence electrons. The van der Waals surface area contributed by atoms with Crippen molar-refractivity contribution in [2.45, 2.75) is 0 Å². The molecule has 5 rings (SSSR count). The zero-order valence-corrected chi connectivity index (χ0v) is 13.9. The minimum absolute atomic E-state index is 0.898. The van der Waals surface area contributed by atoms with Gasteiger partial charge in [0.15, 0.2) is 0 Å². The number of rotatable bonds is 2. The molecular formula is C22H14N4. The molecule has 1 aromatic carbocycles. The van der Waals surface area contributed by atoms with E-state index >= 15 is 0 Å². The van der Waals surface area contributed by atoms with Gasteiger partial charge in [-0.3, -0.25) is 20.0 Å². The molecule has 4 heterocycles. The fourth-order valence-corrected chi connectivity index (χ4v) is 3.10. The summed E-state index contributed by atoms with van der Waals surface area (Å²) in [4.78, 5) is 17.6. The van der Waals surface area contributed by atoms with Gasteiger partial charge in [0, 0.05) is 36.0 Å². The summed E-state index contributed by atoms with van der Waals surface area (Å²) in [6.45, 7) is 0. The van der Waals surface area contributed by atoms with Crippen LogP contribution in [-0.4, -0.2) is 24.9 Å². The Morgan fingerprint density at radius 1 is 0.577 bits per heavy atom. The normalized spacial score (nSPS) is 25.1. The third-order valence-corrected chi connectivity index (χ3v) is 4.43. The van der Waals surface area contributed by atoms with Crippen molar-refractivity contribution in [2.75, 3.05) is 0 Å². The molecule has 0 saturated heterocycles. The molecule has 0 radical (unpaired) electrons. The quantitative estimate of drug-likeness (QED) is 0.773. The zero-order chi connectivity index (χ0) is 17.3. The summed E-state index contributed by atoms with van der Waals surface area (Å²) >= 11 is 0. The monoisotopic (exact) mass is 334 g/mol. The van der Waals surface area contributed by atoms with Crippen LogP contribution >= 0.6 is 0 Å². The Balaban J connectivity index is 1.48. The van der Waals surface area contributed by atoms with Crippen LogP contribution in [0, 0.1) is 0 Å². The standard InChI is InChI=1S/C22H14N4/c1-4-15(17-11-21(25-13-17)19-6-2-8-23-19)10-16(5-1)18-12-22(26-14-18)20-7-3-9-24-20/h1-14H/b21-19-,22-20-. The Hall–Kier alpha value is -3.66. The molecule has 0 amide bonds. The molecule has 4 heteroatoms. The van der Waals surface area contributed by atoms with Crippen molar-refractivity contribution in [1.82, 2.24) is 0 Å². The summed E-state index contributed by atoms with van der Waals surface area (Å²) in [7, 11) is 0. The van der Waals surface area contributed by atoms with E-state index in [4.69, 9.17) is 0 Å². The maximum Gasteiger partial charge on any atom is 0.0893 e. The molecule has 4 nitrogen and oxygen atoms in total. The Bertz CT molecular complexity index is 999. The molecule has 0 fully saturated rings. The lowest BCUT2D eigenvalue weighted by atomic mass is 10.00. The molecule has 4 aliphatic heterocycles. The average molecular weight is 334 g/mol. The molecule has 0 saturated carbocycles. The number of hydrogen-bond acceptors (Lipinski definition) is 4. The van der Waals surface area contributed by atoms with E-state index in [2.05, 4.69) is 56.4 Å². The van der Waals surface area contributed by atoms with Crippen molar-refractivity contribution in [3.05, 3.63) is 94.6 Å². The van der Waals surface area contributed by atoms with E-state index in [0.717, 1.165) is 45.1 Å². The number of benzene rings is 1. The Morgan fingerprint density at radius 2 is 1.12 bits per heavy atom. The summed E-state index contributed by atoms with van der Waals surface area (Å²) in [5.74, 6) is 0. The van der Waals surface area contributed by atoms with Gasteiger partial charge in [0.05, 0.1) is 22.8 Å². The van der Waals surface area contributed by atoms with Crippen LogP contribution in [0.15, 0.2) is 103 Å². The summed E-state index contributed by atoms with van der Waals surface area (Å²) < 4.78 is 0. The summed E-state index contributed by atoms with van der Waals surface area (Å²) in [5.41, 5.74) is 8.03. The molecule has 0 spiro atoms. The third kappa shape index (κ3) is 2.58. The van der Waals surface area contributed by atoms with Crippen molar-refractivity contribution in [2.24, 2.45) is 20.0 Å². The smallest absolute Gasteiger partial charge is 0.0893 e. The Kier molecular flexibility index (Phi) is 3.39. The lowest BCUT2D eigenvalue weighted by molar-refractivity contribution is 1.32. The van der Waals surface area contributed by atoms with Crippen LogP contribution < -0.4 is 0 Å². The fraction of sp³-hybridized carbons (Fsp3) is 0. The van der Waals surface area contributed by atoms with E-state index < -0.39 is 0 Å². The van der Waals surface area contributed by atoms with Crippen LogP contribution in [0.25, 0.3) is 11.1 Å². The van der Waals surface area contributed by atoms with Crippen LogP contribution in [0.3, 0.4) is 0 Å². The Morgan fingerprint density at radius 3 is 1.58 bits per heavy atom. The number of nitrogens with zero attached hydrogens (tertiary/aromatic N) is 4. The summed E-state index contributed by atoms with van der Waals surface area (Å²) in [6.07, 6.45) is 19.3. The van der Waals surface area contributed by atoms with Gasteiger partial charge in [0.1, 0.15) is 0 Å². The molecule has 0 N–H and O–H groups in total. The first-order valence-corrected chi connectivity index (χ1v) is 8.39. The summed E-state index contributed by atoms with van der Waals surface area (Å²) in [6, 6.07) is 8.42. The van der Waals surface area contributed by atoms with Gasteiger partial charge in [-0.2, -0.15) is 0 Å². The third-order valence-electron chi connectivity index (χ3n) is 4.43. The van der Waals surface area contributed by atoms with E-state index in [1.807, 2.05) is 36.7 Å². The van der Waals surface area contributed by atoms with Gasteiger partial charge in [-0.05, 0) is 53.6 Å². The molecule has 0 unspecified atom stereocenters. The highest BCUT2D eigenvalue weighted by Crippen LogP contribution is 2.29. The van der Waals surface area contributed by atoms with E-state index in [1.54, 1.807) is 12.4 Å². The fourth-order valence-electron chi connectivity index (χ4n) is 3.10. The molecule has 0 atom stereocenters. The van der Waals surface area contributed by atoms with E-state index in [0.29, 0.717) is 0 Å². The van der Waals surface area contributed by atoms with Crippen LogP contribution in [0.2, 0.25) is 0 Å². The SMILES string of the molecule is C1=C/C(=C2\C=C(c3cccc(C4=C/C(=C5\C=CC=N5)N=C4)c3)C=N2)N=C1. The summed E-state index contributed by atoms with van der Waals surface area (Å²) in [5, 5.41) is 0. The predicted molar refractivity (Wildman–Crippen MR) is 109 cm³/mol. The van der Waals surface area contributed by atoms with E-state index in [9.17, 15) is 0 Å². The number of aliphatic imine (C=N–C) groups is 4. The molecule has 0 aliphatic carbocycles. The largest absolute Gasteiger partial charge is 0.255 e. The minimum atomic E-state index is 0.898. The first-order chi connectivity index (χ1) is 12.9. The number of hydrogen-bond donors (Lipinski definition) is 0. The maximum atomic E-state index is 4.49. The average Bonchev–Trinajstić information content (AvgIpc) is 3.49. The van der Waals surface area contributed by atoms with Crippen LogP contribution in [0.5, 0.6) is 0 Å². The minimum Gasteiger partial charge on any atom is -0.255 e. The molecule has 4 aliphatic rings. The van der Waals surface area contributed by atoms with Crippen LogP contribution in [-0.2, 0) is 0 Å². The second kappa shape index (κ2) is 6.01. The first kappa shape index (κ1) is 14.7. The van der Waals surface area contributed by atoms with Gasteiger partial charge in [-0.25, -0.2) is 0 Å². The van der Waals surface area contributed by atoms with Crippen molar-refractivity contribution >= 4 is 36.0 Å².